The summed E-state index contributed by atoms with van der Waals surface area (Å²) >= 11 is 0. The molecule has 0 spiro atoms. The third kappa shape index (κ3) is 1.50. The fourth-order valence-corrected chi connectivity index (χ4v) is 1.23. The van der Waals surface area contributed by atoms with E-state index in [1.165, 1.54) is 0 Å². The maximum absolute atomic E-state index is 11.2. The average Bonchev–Trinajstić information content (AvgIpc) is 2.29. The monoisotopic (exact) mass is 216 g/mol. The van der Waals surface area contributed by atoms with E-state index in [0.717, 1.165) is 13.8 Å². The molecule has 0 aromatic rings. The molecule has 0 bridgehead atoms. The number of ketones is 1. The molecule has 0 unspecified atom stereocenters. The van der Waals surface area contributed by atoms with Crippen molar-refractivity contribution in [3.05, 3.63) is 0 Å². The van der Waals surface area contributed by atoms with Crippen molar-refractivity contribution in [3.63, 3.8) is 0 Å². The van der Waals surface area contributed by atoms with Gasteiger partial charge in [0, 0.05) is 6.92 Å². The molecule has 1 aliphatic rings. The number of rotatable bonds is 2. The summed E-state index contributed by atoms with van der Waals surface area (Å²) in [6.07, 6.45) is -2.11. The molecule has 1 N–H and O–H groups in total. The van der Waals surface area contributed by atoms with Crippen LogP contribution in [0.15, 0.2) is 0 Å². The van der Waals surface area contributed by atoms with E-state index in [4.69, 9.17) is 0 Å². The smallest absolute Gasteiger partial charge is 0.369 e. The first kappa shape index (κ1) is 11.3. The van der Waals surface area contributed by atoms with Gasteiger partial charge in [-0.15, -0.1) is 0 Å². The highest BCUT2D eigenvalue weighted by atomic mass is 16.7. The second kappa shape index (κ2) is 3.43. The molecule has 1 rings (SSSR count). The van der Waals surface area contributed by atoms with Crippen LogP contribution in [-0.2, 0) is 28.7 Å². The van der Waals surface area contributed by atoms with E-state index in [0.29, 0.717) is 0 Å². The molecule has 0 aromatic carbocycles. The van der Waals surface area contributed by atoms with E-state index in [2.05, 4.69) is 9.47 Å². The van der Waals surface area contributed by atoms with Crippen LogP contribution in [0.4, 0.5) is 0 Å². The molecule has 1 saturated heterocycles. The Labute approximate surface area is 84.0 Å². The lowest BCUT2D eigenvalue weighted by Crippen LogP contribution is -2.54. The summed E-state index contributed by atoms with van der Waals surface area (Å²) in [6, 6.07) is 0. The minimum absolute atomic E-state index is 0.909. The number of carbonyl (C=O) groups excluding carboxylic acids is 4. The van der Waals surface area contributed by atoms with Gasteiger partial charge in [0.25, 0.3) is 0 Å². The summed E-state index contributed by atoms with van der Waals surface area (Å²) < 4.78 is 8.45. The zero-order chi connectivity index (χ0) is 11.8. The first-order chi connectivity index (χ1) is 6.82. The summed E-state index contributed by atoms with van der Waals surface area (Å²) in [6.45, 7) is 1.85. The predicted octanol–water partition coefficient (Wildman–Crippen LogP) is -1.68. The van der Waals surface area contributed by atoms with E-state index in [-0.39, 0.29) is 0 Å². The van der Waals surface area contributed by atoms with Crippen molar-refractivity contribution in [1.29, 1.82) is 0 Å². The second-order valence-electron chi connectivity index (χ2n) is 3.00. The number of hydrogen-bond donors (Lipinski definition) is 1. The van der Waals surface area contributed by atoms with E-state index < -0.39 is 35.4 Å². The van der Waals surface area contributed by atoms with E-state index in [1.807, 2.05) is 0 Å². The Morgan fingerprint density at radius 1 is 1.40 bits per heavy atom. The number of carbonyl (C=O) groups is 4. The van der Waals surface area contributed by atoms with Crippen LogP contribution in [0.1, 0.15) is 13.8 Å². The van der Waals surface area contributed by atoms with Crippen molar-refractivity contribution < 1.29 is 33.8 Å². The van der Waals surface area contributed by atoms with Crippen LogP contribution in [0.25, 0.3) is 0 Å². The normalized spacial score (nSPS) is 29.9. The summed E-state index contributed by atoms with van der Waals surface area (Å²) in [4.78, 5) is 43.9. The number of cyclic esters (lactones) is 2. The van der Waals surface area contributed by atoms with Gasteiger partial charge in [-0.05, 0) is 6.92 Å². The van der Waals surface area contributed by atoms with Gasteiger partial charge in [-0.1, -0.05) is 0 Å². The van der Waals surface area contributed by atoms with Crippen molar-refractivity contribution in [1.82, 2.24) is 0 Å². The number of ether oxygens (including phenoxy) is 2. The maximum Gasteiger partial charge on any atom is 0.369 e. The highest BCUT2D eigenvalue weighted by molar-refractivity contribution is 6.18. The average molecular weight is 216 g/mol. The van der Waals surface area contributed by atoms with Gasteiger partial charge in [0.2, 0.25) is 6.10 Å². The van der Waals surface area contributed by atoms with Gasteiger partial charge < -0.3 is 14.6 Å². The van der Waals surface area contributed by atoms with E-state index in [1.54, 1.807) is 0 Å². The number of aliphatic hydroxyl groups excluding tert-OH is 1. The number of hydrogen-bond acceptors (Lipinski definition) is 7. The van der Waals surface area contributed by atoms with Gasteiger partial charge in [0.15, 0.2) is 5.78 Å². The maximum atomic E-state index is 11.2. The van der Waals surface area contributed by atoms with Crippen LogP contribution in [0, 0.1) is 0 Å². The Morgan fingerprint density at radius 2 is 1.93 bits per heavy atom. The zero-order valence-corrected chi connectivity index (χ0v) is 7.97. The van der Waals surface area contributed by atoms with Crippen molar-refractivity contribution in [2.24, 2.45) is 0 Å². The summed E-state index contributed by atoms with van der Waals surface area (Å²) in [5.41, 5.74) is -2.54. The minimum atomic E-state index is -2.54. The predicted molar refractivity (Wildman–Crippen MR) is 42.3 cm³/mol. The van der Waals surface area contributed by atoms with Gasteiger partial charge in [0.1, 0.15) is 0 Å². The van der Waals surface area contributed by atoms with Crippen LogP contribution < -0.4 is 0 Å². The molecule has 7 heteroatoms. The molecule has 0 amide bonds. The van der Waals surface area contributed by atoms with Crippen LogP contribution >= 0.6 is 0 Å². The minimum Gasteiger partial charge on any atom is -0.435 e. The Kier molecular flexibility index (Phi) is 2.59. The van der Waals surface area contributed by atoms with Gasteiger partial charge in [0.05, 0.1) is 0 Å². The number of esters is 3. The van der Waals surface area contributed by atoms with E-state index >= 15 is 0 Å². The molecule has 0 aromatic heterocycles. The Bertz CT molecular complexity index is 358. The van der Waals surface area contributed by atoms with Gasteiger partial charge in [-0.2, -0.15) is 0 Å². The number of Topliss-reactive ketones (excluding diaryl/α,β-unsaturated/α-hetero) is 1. The summed E-state index contributed by atoms with van der Waals surface area (Å²) in [5.74, 6) is -4.63. The van der Waals surface area contributed by atoms with Crippen LogP contribution in [-0.4, -0.2) is 40.5 Å². The molecular formula is C8H8O7. The standard InChI is InChI=1S/C8H8O7/c1-3(9)8(15-4(2)10)5(11)6(12)14-7(8)13/h5,11H,1-2H3/t5-,8-/m0/s1. The fourth-order valence-electron chi connectivity index (χ4n) is 1.23. The van der Waals surface area contributed by atoms with Gasteiger partial charge >= 0.3 is 23.5 Å². The first-order valence-electron chi connectivity index (χ1n) is 3.97. The molecule has 0 saturated carbocycles. The topological polar surface area (TPSA) is 107 Å². The van der Waals surface area contributed by atoms with Crippen molar-refractivity contribution >= 4 is 23.7 Å². The van der Waals surface area contributed by atoms with Crippen LogP contribution in [0.5, 0.6) is 0 Å². The third-order valence-electron chi connectivity index (χ3n) is 1.93. The fraction of sp³-hybridized carbons (Fsp3) is 0.500. The second-order valence-corrected chi connectivity index (χ2v) is 3.00. The molecule has 2 atom stereocenters. The van der Waals surface area contributed by atoms with Crippen molar-refractivity contribution in [3.8, 4) is 0 Å². The van der Waals surface area contributed by atoms with Crippen molar-refractivity contribution in [2.75, 3.05) is 0 Å². The van der Waals surface area contributed by atoms with Crippen LogP contribution in [0.3, 0.4) is 0 Å². The zero-order valence-electron chi connectivity index (χ0n) is 7.97. The quantitative estimate of drug-likeness (QED) is 0.434. The SMILES string of the molecule is CC(=O)O[C@]1(C(C)=O)C(=O)OC(=O)[C@@H]1O. The molecule has 0 aliphatic carbocycles. The molecule has 1 heterocycles. The molecule has 1 aliphatic heterocycles. The third-order valence-corrected chi connectivity index (χ3v) is 1.93. The molecule has 7 nitrogen and oxygen atoms in total. The van der Waals surface area contributed by atoms with Gasteiger partial charge in [-0.25, -0.2) is 9.59 Å². The lowest BCUT2D eigenvalue weighted by atomic mass is 9.94. The van der Waals surface area contributed by atoms with E-state index in [9.17, 15) is 24.3 Å². The van der Waals surface area contributed by atoms with Crippen LogP contribution in [0.2, 0.25) is 0 Å². The molecular weight excluding hydrogens is 208 g/mol. The highest BCUT2D eigenvalue weighted by Crippen LogP contribution is 2.27. The Balaban J connectivity index is 3.21. The van der Waals surface area contributed by atoms with Gasteiger partial charge in [-0.3, -0.25) is 9.59 Å². The molecule has 0 radical (unpaired) electrons. The lowest BCUT2D eigenvalue weighted by molar-refractivity contribution is -0.181. The molecule has 15 heavy (non-hydrogen) atoms. The summed E-state index contributed by atoms with van der Waals surface area (Å²) in [5, 5.41) is 9.30. The van der Waals surface area contributed by atoms with Crippen molar-refractivity contribution in [2.45, 2.75) is 25.6 Å². The largest absolute Gasteiger partial charge is 0.435 e. The Hall–Kier alpha value is -1.76. The highest BCUT2D eigenvalue weighted by Gasteiger charge is 2.64. The molecule has 82 valence electrons. The first-order valence-corrected chi connectivity index (χ1v) is 3.97. The molecule has 1 fully saturated rings. The summed E-state index contributed by atoms with van der Waals surface area (Å²) in [7, 11) is 0. The Morgan fingerprint density at radius 3 is 2.20 bits per heavy atom. The number of aliphatic hydroxyl groups is 1. The lowest BCUT2D eigenvalue weighted by Gasteiger charge is -2.22.